The van der Waals surface area contributed by atoms with Gasteiger partial charge in [0.15, 0.2) is 5.96 Å². The van der Waals surface area contributed by atoms with Gasteiger partial charge in [-0.15, -0.1) is 10.2 Å². The van der Waals surface area contributed by atoms with Crippen LogP contribution < -0.4 is 10.6 Å². The molecule has 1 atom stereocenters. The number of ether oxygens (including phenoxy) is 1. The summed E-state index contributed by atoms with van der Waals surface area (Å²) in [6, 6.07) is 7.90. The largest absolute Gasteiger partial charge is 0.383 e. The Morgan fingerprint density at radius 1 is 1.35 bits per heavy atom. The van der Waals surface area contributed by atoms with Gasteiger partial charge in [-0.1, -0.05) is 30.7 Å². The van der Waals surface area contributed by atoms with Crippen LogP contribution >= 0.6 is 11.6 Å². The predicted octanol–water partition coefficient (Wildman–Crippen LogP) is 2.44. The normalized spacial score (nSPS) is 12.8. The zero-order valence-corrected chi connectivity index (χ0v) is 16.3. The highest BCUT2D eigenvalue weighted by Gasteiger charge is 2.08. The van der Waals surface area contributed by atoms with E-state index in [-0.39, 0.29) is 6.04 Å². The number of aromatic nitrogens is 3. The van der Waals surface area contributed by atoms with Crippen LogP contribution in [0.1, 0.15) is 31.3 Å². The van der Waals surface area contributed by atoms with Gasteiger partial charge in [0.05, 0.1) is 19.2 Å². The van der Waals surface area contributed by atoms with Crippen molar-refractivity contribution in [2.24, 2.45) is 4.99 Å². The van der Waals surface area contributed by atoms with Gasteiger partial charge in [0.25, 0.3) is 0 Å². The molecule has 2 N–H and O–H groups in total. The summed E-state index contributed by atoms with van der Waals surface area (Å²) in [5, 5.41) is 15.6. The molecule has 0 aliphatic carbocycles. The fraction of sp³-hybridized carbons (Fsp3) is 0.500. The minimum absolute atomic E-state index is 0.0992. The van der Waals surface area contributed by atoms with Crippen molar-refractivity contribution in [2.45, 2.75) is 32.9 Å². The van der Waals surface area contributed by atoms with Crippen LogP contribution in [0.2, 0.25) is 5.02 Å². The van der Waals surface area contributed by atoms with Crippen molar-refractivity contribution < 1.29 is 4.74 Å². The van der Waals surface area contributed by atoms with Gasteiger partial charge in [0.1, 0.15) is 12.2 Å². The number of nitrogens with one attached hydrogen (secondary N) is 2. The van der Waals surface area contributed by atoms with Crippen molar-refractivity contribution in [3.05, 3.63) is 47.0 Å². The molecular formula is C18H27ClN6O. The Bertz CT molecular complexity index is 685. The highest BCUT2D eigenvalue weighted by atomic mass is 35.5. The predicted molar refractivity (Wildman–Crippen MR) is 105 cm³/mol. The van der Waals surface area contributed by atoms with Gasteiger partial charge in [0.2, 0.25) is 0 Å². The lowest BCUT2D eigenvalue weighted by Crippen LogP contribution is -2.40. The van der Waals surface area contributed by atoms with Crippen LogP contribution in [0.5, 0.6) is 0 Å². The lowest BCUT2D eigenvalue weighted by atomic mass is 10.1. The molecule has 1 aromatic carbocycles. The number of aliphatic imine (C=N–C) groups is 1. The van der Waals surface area contributed by atoms with Crippen LogP contribution in [0.3, 0.4) is 0 Å². The molecule has 7 nitrogen and oxygen atoms in total. The van der Waals surface area contributed by atoms with E-state index in [9.17, 15) is 0 Å². The summed E-state index contributed by atoms with van der Waals surface area (Å²) >= 11 is 5.97. The van der Waals surface area contributed by atoms with Crippen LogP contribution in [-0.2, 0) is 17.7 Å². The van der Waals surface area contributed by atoms with Crippen molar-refractivity contribution in [2.75, 3.05) is 26.8 Å². The quantitative estimate of drug-likeness (QED) is 0.398. The Kier molecular flexibility index (Phi) is 8.37. The number of rotatable bonds is 9. The van der Waals surface area contributed by atoms with Crippen LogP contribution in [0.4, 0.5) is 0 Å². The Morgan fingerprint density at radius 3 is 2.81 bits per heavy atom. The van der Waals surface area contributed by atoms with E-state index in [4.69, 9.17) is 16.3 Å². The Balaban J connectivity index is 1.94. The number of aryl methyl sites for hydroxylation is 1. The van der Waals surface area contributed by atoms with E-state index in [1.807, 2.05) is 28.8 Å². The number of nitrogens with zero attached hydrogens (tertiary/aromatic N) is 4. The van der Waals surface area contributed by atoms with Gasteiger partial charge < -0.3 is 19.9 Å². The van der Waals surface area contributed by atoms with Crippen molar-refractivity contribution in [1.82, 2.24) is 25.4 Å². The Morgan fingerprint density at radius 2 is 2.12 bits per heavy atom. The molecule has 0 amide bonds. The van der Waals surface area contributed by atoms with Crippen LogP contribution in [-0.4, -0.2) is 47.5 Å². The van der Waals surface area contributed by atoms with Crippen molar-refractivity contribution >= 4 is 17.6 Å². The summed E-state index contributed by atoms with van der Waals surface area (Å²) in [5.74, 6) is 1.72. The first-order valence-electron chi connectivity index (χ1n) is 8.80. The topological polar surface area (TPSA) is 76.4 Å². The van der Waals surface area contributed by atoms with Gasteiger partial charge >= 0.3 is 0 Å². The molecule has 0 aliphatic heterocycles. The summed E-state index contributed by atoms with van der Waals surface area (Å²) in [6.45, 7) is 6.82. The summed E-state index contributed by atoms with van der Waals surface area (Å²) in [6.07, 6.45) is 2.62. The van der Waals surface area contributed by atoms with Crippen molar-refractivity contribution in [1.29, 1.82) is 0 Å². The SMILES string of the molecule is CCc1nncn1CCNC(=NCCOC)NC(C)c1ccc(Cl)cc1. The number of benzene rings is 1. The molecule has 1 unspecified atom stereocenters. The van der Waals surface area contributed by atoms with Gasteiger partial charge in [-0.3, -0.25) is 4.99 Å². The van der Waals surface area contributed by atoms with Crippen molar-refractivity contribution in [3.63, 3.8) is 0 Å². The first-order valence-corrected chi connectivity index (χ1v) is 9.17. The lowest BCUT2D eigenvalue weighted by Gasteiger charge is -2.19. The molecule has 142 valence electrons. The average molecular weight is 379 g/mol. The Hall–Kier alpha value is -2.12. The zero-order chi connectivity index (χ0) is 18.8. The molecule has 0 bridgehead atoms. The average Bonchev–Trinajstić information content (AvgIpc) is 3.09. The summed E-state index contributed by atoms with van der Waals surface area (Å²) in [5.41, 5.74) is 1.14. The van der Waals surface area contributed by atoms with E-state index in [0.717, 1.165) is 41.9 Å². The van der Waals surface area contributed by atoms with Gasteiger partial charge in [0, 0.05) is 31.6 Å². The minimum Gasteiger partial charge on any atom is -0.383 e. The molecule has 0 spiro atoms. The van der Waals surface area contributed by atoms with E-state index in [1.54, 1.807) is 13.4 Å². The van der Waals surface area contributed by atoms with Crippen LogP contribution in [0, 0.1) is 0 Å². The molecule has 26 heavy (non-hydrogen) atoms. The fourth-order valence-electron chi connectivity index (χ4n) is 2.48. The van der Waals surface area contributed by atoms with Gasteiger partial charge in [-0.05, 0) is 24.6 Å². The van der Waals surface area contributed by atoms with E-state index in [1.165, 1.54) is 0 Å². The lowest BCUT2D eigenvalue weighted by molar-refractivity contribution is 0.208. The van der Waals surface area contributed by atoms with Crippen molar-refractivity contribution in [3.8, 4) is 0 Å². The number of guanidine groups is 1. The van der Waals surface area contributed by atoms with E-state index < -0.39 is 0 Å². The second-order valence-electron chi connectivity index (χ2n) is 5.86. The third-order valence-corrected chi connectivity index (χ3v) is 4.20. The Labute approximate surface area is 159 Å². The minimum atomic E-state index is 0.0992. The first-order chi connectivity index (χ1) is 12.6. The highest BCUT2D eigenvalue weighted by molar-refractivity contribution is 6.30. The molecule has 0 aliphatic rings. The summed E-state index contributed by atoms with van der Waals surface area (Å²) in [4.78, 5) is 4.56. The molecule has 0 saturated heterocycles. The molecule has 2 aromatic rings. The standard InChI is InChI=1S/C18H27ClN6O/c1-4-17-24-22-13-25(17)11-9-20-18(21-10-12-26-3)23-14(2)15-5-7-16(19)8-6-15/h5-8,13-14H,4,9-12H2,1-3H3,(H2,20,21,23). The molecule has 1 heterocycles. The van der Waals surface area contributed by atoms with E-state index >= 15 is 0 Å². The number of hydrogen-bond acceptors (Lipinski definition) is 4. The maximum Gasteiger partial charge on any atom is 0.191 e. The third kappa shape index (κ3) is 6.31. The maximum absolute atomic E-state index is 5.97. The zero-order valence-electron chi connectivity index (χ0n) is 15.6. The highest BCUT2D eigenvalue weighted by Crippen LogP contribution is 2.15. The van der Waals surface area contributed by atoms with Gasteiger partial charge in [-0.25, -0.2) is 0 Å². The molecule has 0 saturated carbocycles. The molecule has 0 fully saturated rings. The van der Waals surface area contributed by atoms with E-state index in [2.05, 4.69) is 39.7 Å². The van der Waals surface area contributed by atoms with Gasteiger partial charge in [-0.2, -0.15) is 0 Å². The first kappa shape index (κ1) is 20.2. The number of hydrogen-bond donors (Lipinski definition) is 2. The second-order valence-corrected chi connectivity index (χ2v) is 6.30. The second kappa shape index (κ2) is 10.8. The molecule has 1 aromatic heterocycles. The van der Waals surface area contributed by atoms with Crippen LogP contribution in [0.25, 0.3) is 0 Å². The fourth-order valence-corrected chi connectivity index (χ4v) is 2.60. The number of halogens is 1. The smallest absolute Gasteiger partial charge is 0.191 e. The number of methoxy groups -OCH3 is 1. The summed E-state index contributed by atoms with van der Waals surface area (Å²) in [7, 11) is 1.67. The molecule has 8 heteroatoms. The molecule has 2 rings (SSSR count). The maximum atomic E-state index is 5.97. The van der Waals surface area contributed by atoms with E-state index in [0.29, 0.717) is 13.2 Å². The molecule has 0 radical (unpaired) electrons. The molecular weight excluding hydrogens is 352 g/mol. The summed E-state index contributed by atoms with van der Waals surface area (Å²) < 4.78 is 7.13. The third-order valence-electron chi connectivity index (χ3n) is 3.95. The monoisotopic (exact) mass is 378 g/mol. The van der Waals surface area contributed by atoms with Crippen LogP contribution in [0.15, 0.2) is 35.6 Å².